The van der Waals surface area contributed by atoms with Crippen LogP contribution in [0.4, 0.5) is 0 Å². The van der Waals surface area contributed by atoms with Crippen molar-refractivity contribution < 1.29 is 14.3 Å². The molecule has 1 aromatic heterocycles. The molecule has 7 nitrogen and oxygen atoms in total. The van der Waals surface area contributed by atoms with Crippen LogP contribution in [0.25, 0.3) is 0 Å². The lowest BCUT2D eigenvalue weighted by Crippen LogP contribution is -2.31. The first-order valence-corrected chi connectivity index (χ1v) is 4.03. The molecule has 0 aromatic carbocycles. The average Bonchev–Trinajstić information content (AvgIpc) is 2.67. The average molecular weight is 198 g/mol. The fraction of sp³-hybridized carbons (Fsp3) is 0.429. The summed E-state index contributed by atoms with van der Waals surface area (Å²) in [5.41, 5.74) is 0. The van der Waals surface area contributed by atoms with Gasteiger partial charge >= 0.3 is 5.97 Å². The summed E-state index contributed by atoms with van der Waals surface area (Å²) in [4.78, 5) is 25.6. The Morgan fingerprint density at radius 3 is 3.00 bits per heavy atom. The van der Waals surface area contributed by atoms with Gasteiger partial charge in [0.25, 0.3) is 5.91 Å². The summed E-state index contributed by atoms with van der Waals surface area (Å²) in [7, 11) is 0. The van der Waals surface area contributed by atoms with E-state index in [1.54, 1.807) is 6.92 Å². The van der Waals surface area contributed by atoms with Crippen molar-refractivity contribution in [3.8, 4) is 0 Å². The molecule has 0 atom stereocenters. The van der Waals surface area contributed by atoms with E-state index >= 15 is 0 Å². The number of nitrogens with zero attached hydrogens (tertiary/aromatic N) is 2. The van der Waals surface area contributed by atoms with Crippen molar-refractivity contribution in [1.29, 1.82) is 0 Å². The number of ether oxygens (including phenoxy) is 1. The van der Waals surface area contributed by atoms with Gasteiger partial charge in [-0.05, 0) is 6.92 Å². The Bertz CT molecular complexity index is 309. The minimum absolute atomic E-state index is 0.0642. The Morgan fingerprint density at radius 1 is 1.64 bits per heavy atom. The van der Waals surface area contributed by atoms with Crippen LogP contribution in [0.15, 0.2) is 6.33 Å². The summed E-state index contributed by atoms with van der Waals surface area (Å²) in [6.45, 7) is 1.81. The van der Waals surface area contributed by atoms with Crippen molar-refractivity contribution in [3.05, 3.63) is 12.2 Å². The molecule has 0 saturated carbocycles. The van der Waals surface area contributed by atoms with E-state index in [1.807, 2.05) is 0 Å². The Labute approximate surface area is 79.9 Å². The molecule has 0 fully saturated rings. The summed E-state index contributed by atoms with van der Waals surface area (Å²) in [5.74, 6) is -0.912. The summed E-state index contributed by atoms with van der Waals surface area (Å²) >= 11 is 0. The monoisotopic (exact) mass is 198 g/mol. The van der Waals surface area contributed by atoms with Gasteiger partial charge in [-0.3, -0.25) is 14.7 Å². The first kappa shape index (κ1) is 10.2. The first-order chi connectivity index (χ1) is 6.74. The Morgan fingerprint density at radius 2 is 2.43 bits per heavy atom. The zero-order valence-corrected chi connectivity index (χ0v) is 7.61. The van der Waals surface area contributed by atoms with Crippen molar-refractivity contribution in [1.82, 2.24) is 20.5 Å². The minimum atomic E-state index is -0.490. The second kappa shape index (κ2) is 4.95. The number of carbonyl (C=O) groups is 2. The highest BCUT2D eigenvalue weighted by molar-refractivity contribution is 5.92. The van der Waals surface area contributed by atoms with Gasteiger partial charge in [0.2, 0.25) is 5.82 Å². The molecular weight excluding hydrogens is 188 g/mol. The molecule has 0 aliphatic heterocycles. The van der Waals surface area contributed by atoms with E-state index in [0.717, 1.165) is 0 Å². The third kappa shape index (κ3) is 2.85. The molecule has 1 heterocycles. The summed E-state index contributed by atoms with van der Waals surface area (Å²) in [6.07, 6.45) is 1.21. The molecule has 1 rings (SSSR count). The molecule has 0 aliphatic carbocycles. The van der Waals surface area contributed by atoms with Crippen molar-refractivity contribution >= 4 is 11.9 Å². The Hall–Kier alpha value is -1.92. The number of H-pyrrole nitrogens is 1. The standard InChI is InChI=1S/C7H10N4O3/c1-2-14-5(12)3-8-7(13)6-9-4-10-11-6/h4H,2-3H2,1H3,(H,8,13)(H,9,10,11). The lowest BCUT2D eigenvalue weighted by Gasteiger charge is -2.02. The molecule has 1 amide bonds. The number of carbonyl (C=O) groups excluding carboxylic acids is 2. The second-order valence-electron chi connectivity index (χ2n) is 2.32. The van der Waals surface area contributed by atoms with Crippen molar-refractivity contribution in [2.24, 2.45) is 0 Å². The zero-order chi connectivity index (χ0) is 10.4. The molecule has 0 spiro atoms. The number of esters is 1. The summed E-state index contributed by atoms with van der Waals surface area (Å²) in [5, 5.41) is 8.18. The fourth-order valence-electron chi connectivity index (χ4n) is 0.763. The molecule has 0 unspecified atom stereocenters. The van der Waals surface area contributed by atoms with Crippen LogP contribution in [0.1, 0.15) is 17.5 Å². The van der Waals surface area contributed by atoms with Gasteiger partial charge in [-0.15, -0.1) is 0 Å². The first-order valence-electron chi connectivity index (χ1n) is 4.03. The minimum Gasteiger partial charge on any atom is -0.465 e. The van der Waals surface area contributed by atoms with Gasteiger partial charge in [0.15, 0.2) is 0 Å². The van der Waals surface area contributed by atoms with Crippen LogP contribution in [0.2, 0.25) is 0 Å². The largest absolute Gasteiger partial charge is 0.465 e. The third-order valence-corrected chi connectivity index (χ3v) is 1.33. The van der Waals surface area contributed by atoms with E-state index in [1.165, 1.54) is 6.33 Å². The van der Waals surface area contributed by atoms with Crippen LogP contribution in [-0.2, 0) is 9.53 Å². The topological polar surface area (TPSA) is 97.0 Å². The van der Waals surface area contributed by atoms with Crippen molar-refractivity contribution in [3.63, 3.8) is 0 Å². The van der Waals surface area contributed by atoms with E-state index in [4.69, 9.17) is 0 Å². The molecule has 2 N–H and O–H groups in total. The fourth-order valence-corrected chi connectivity index (χ4v) is 0.763. The molecule has 7 heteroatoms. The van der Waals surface area contributed by atoms with Crippen molar-refractivity contribution in [2.75, 3.05) is 13.2 Å². The molecule has 0 radical (unpaired) electrons. The van der Waals surface area contributed by atoms with Crippen LogP contribution in [0, 0.1) is 0 Å². The van der Waals surface area contributed by atoms with Crippen LogP contribution in [0.5, 0.6) is 0 Å². The number of hydrogen-bond donors (Lipinski definition) is 2. The zero-order valence-electron chi connectivity index (χ0n) is 7.61. The number of nitrogens with one attached hydrogen (secondary N) is 2. The van der Waals surface area contributed by atoms with E-state index in [9.17, 15) is 9.59 Å². The third-order valence-electron chi connectivity index (χ3n) is 1.33. The quantitative estimate of drug-likeness (QED) is 0.611. The maximum absolute atomic E-state index is 11.2. The normalized spacial score (nSPS) is 9.50. The highest BCUT2D eigenvalue weighted by atomic mass is 16.5. The van der Waals surface area contributed by atoms with E-state index in [0.29, 0.717) is 0 Å². The molecule has 0 bridgehead atoms. The second-order valence-corrected chi connectivity index (χ2v) is 2.32. The van der Waals surface area contributed by atoms with Gasteiger partial charge < -0.3 is 10.1 Å². The van der Waals surface area contributed by atoms with Gasteiger partial charge in [-0.2, -0.15) is 5.10 Å². The van der Waals surface area contributed by atoms with Crippen LogP contribution < -0.4 is 5.32 Å². The molecule has 0 aliphatic rings. The van der Waals surface area contributed by atoms with E-state index in [2.05, 4.69) is 25.2 Å². The predicted octanol–water partition coefficient (Wildman–Crippen LogP) is -0.902. The molecule has 14 heavy (non-hydrogen) atoms. The molecular formula is C7H10N4O3. The van der Waals surface area contributed by atoms with Gasteiger partial charge in [-0.25, -0.2) is 4.98 Å². The number of aromatic nitrogens is 3. The van der Waals surface area contributed by atoms with Crippen LogP contribution in [0.3, 0.4) is 0 Å². The van der Waals surface area contributed by atoms with Gasteiger partial charge in [0, 0.05) is 0 Å². The van der Waals surface area contributed by atoms with Crippen LogP contribution >= 0.6 is 0 Å². The molecule has 1 aromatic rings. The number of aromatic amines is 1. The van der Waals surface area contributed by atoms with E-state index in [-0.39, 0.29) is 19.0 Å². The smallest absolute Gasteiger partial charge is 0.325 e. The van der Waals surface area contributed by atoms with Crippen molar-refractivity contribution in [2.45, 2.75) is 6.92 Å². The Kier molecular flexibility index (Phi) is 3.59. The summed E-state index contributed by atoms with van der Waals surface area (Å²) < 4.78 is 4.61. The van der Waals surface area contributed by atoms with E-state index < -0.39 is 11.9 Å². The number of rotatable bonds is 4. The Balaban J connectivity index is 2.32. The summed E-state index contributed by atoms with van der Waals surface area (Å²) in [6, 6.07) is 0. The number of hydrogen-bond acceptors (Lipinski definition) is 5. The predicted molar refractivity (Wildman–Crippen MR) is 45.3 cm³/mol. The van der Waals surface area contributed by atoms with Gasteiger partial charge in [-0.1, -0.05) is 0 Å². The van der Waals surface area contributed by atoms with Gasteiger partial charge in [0.1, 0.15) is 12.9 Å². The maximum Gasteiger partial charge on any atom is 0.325 e. The molecule has 0 saturated heterocycles. The highest BCUT2D eigenvalue weighted by Gasteiger charge is 2.10. The maximum atomic E-state index is 11.2. The SMILES string of the molecule is CCOC(=O)CNC(=O)c1ncn[nH]1. The molecule has 76 valence electrons. The van der Waals surface area contributed by atoms with Gasteiger partial charge in [0.05, 0.1) is 6.61 Å². The lowest BCUT2D eigenvalue weighted by molar-refractivity contribution is -0.141. The highest BCUT2D eigenvalue weighted by Crippen LogP contribution is 1.84. The van der Waals surface area contributed by atoms with Crippen LogP contribution in [-0.4, -0.2) is 40.2 Å². The number of amides is 1. The lowest BCUT2D eigenvalue weighted by atomic mass is 10.5.